The summed E-state index contributed by atoms with van der Waals surface area (Å²) < 4.78 is 12.2. The number of benzene rings is 2. The molecule has 10 heteroatoms. The van der Waals surface area contributed by atoms with Gasteiger partial charge in [0.05, 0.1) is 26.0 Å². The summed E-state index contributed by atoms with van der Waals surface area (Å²) in [5.74, 6) is 1.70. The lowest BCUT2D eigenvalue weighted by molar-refractivity contribution is -0.113. The van der Waals surface area contributed by atoms with Gasteiger partial charge in [0.25, 0.3) is 5.91 Å². The number of ether oxygens (including phenoxy) is 2. The van der Waals surface area contributed by atoms with Gasteiger partial charge in [0.15, 0.2) is 11.0 Å². The van der Waals surface area contributed by atoms with Crippen molar-refractivity contribution in [1.82, 2.24) is 20.1 Å². The Hall–Kier alpha value is -3.79. The quantitative estimate of drug-likeness (QED) is 0.276. The molecule has 1 aromatic heterocycles. The van der Waals surface area contributed by atoms with Crippen molar-refractivity contribution in [2.75, 3.05) is 25.3 Å². The fraction of sp³-hybridized carbons (Fsp3) is 0.308. The fourth-order valence-corrected chi connectivity index (χ4v) is 4.22. The molecule has 1 heterocycles. The molecule has 0 aliphatic heterocycles. The van der Waals surface area contributed by atoms with Crippen LogP contribution < -0.4 is 20.1 Å². The molecule has 0 saturated heterocycles. The van der Waals surface area contributed by atoms with Gasteiger partial charge in [0.2, 0.25) is 5.91 Å². The molecule has 190 valence electrons. The molecule has 0 saturated carbocycles. The number of anilines is 1. The van der Waals surface area contributed by atoms with Crippen LogP contribution in [0.4, 0.5) is 5.69 Å². The van der Waals surface area contributed by atoms with E-state index in [2.05, 4.69) is 27.4 Å². The molecule has 3 aromatic rings. The smallest absolute Gasteiger partial charge is 0.251 e. The summed E-state index contributed by atoms with van der Waals surface area (Å²) in [5.41, 5.74) is 1.16. The predicted molar refractivity (Wildman–Crippen MR) is 141 cm³/mol. The number of nitrogens with one attached hydrogen (secondary N) is 2. The standard InChI is InChI=1S/C26H31N5O4S/c1-6-14-31-24(23(17(2)3)28-25(33)18-10-12-20(34-4)13-11-18)29-30-26(31)36-16-22(32)27-19-8-7-9-21(15-19)35-5/h6-13,15,17,23H,1,14,16H2,2-5H3,(H,27,32)(H,28,33)/t23-/m1/s1. The highest BCUT2D eigenvalue weighted by Gasteiger charge is 2.26. The van der Waals surface area contributed by atoms with E-state index in [9.17, 15) is 9.59 Å². The van der Waals surface area contributed by atoms with Crippen LogP contribution in [0.25, 0.3) is 0 Å². The predicted octanol–water partition coefficient (Wildman–Crippen LogP) is 4.34. The Labute approximate surface area is 215 Å². The molecule has 0 spiro atoms. The Morgan fingerprint density at radius 3 is 2.44 bits per heavy atom. The van der Waals surface area contributed by atoms with Gasteiger partial charge in [-0.1, -0.05) is 37.8 Å². The third-order valence-corrected chi connectivity index (χ3v) is 6.29. The summed E-state index contributed by atoms with van der Waals surface area (Å²) in [7, 11) is 3.15. The number of rotatable bonds is 12. The van der Waals surface area contributed by atoms with Gasteiger partial charge in [-0.05, 0) is 42.3 Å². The first-order valence-corrected chi connectivity index (χ1v) is 12.4. The Kier molecular flexibility index (Phi) is 9.52. The van der Waals surface area contributed by atoms with Crippen molar-refractivity contribution in [3.63, 3.8) is 0 Å². The van der Waals surface area contributed by atoms with E-state index in [4.69, 9.17) is 9.47 Å². The fourth-order valence-electron chi connectivity index (χ4n) is 3.46. The largest absolute Gasteiger partial charge is 0.497 e. The molecule has 3 rings (SSSR count). The van der Waals surface area contributed by atoms with Crippen LogP contribution in [0.5, 0.6) is 11.5 Å². The summed E-state index contributed by atoms with van der Waals surface area (Å²) in [6.07, 6.45) is 1.73. The number of carbonyl (C=O) groups excluding carboxylic acids is 2. The molecule has 0 unspecified atom stereocenters. The van der Waals surface area contributed by atoms with Crippen LogP contribution in [0.1, 0.15) is 36.1 Å². The minimum absolute atomic E-state index is 0.0363. The average molecular weight is 510 g/mol. The van der Waals surface area contributed by atoms with E-state index in [0.29, 0.717) is 40.3 Å². The third kappa shape index (κ3) is 6.88. The van der Waals surface area contributed by atoms with E-state index >= 15 is 0 Å². The van der Waals surface area contributed by atoms with E-state index in [1.165, 1.54) is 11.8 Å². The van der Waals surface area contributed by atoms with Crippen LogP contribution in [0.3, 0.4) is 0 Å². The molecule has 2 aromatic carbocycles. The van der Waals surface area contributed by atoms with Gasteiger partial charge in [0.1, 0.15) is 11.5 Å². The van der Waals surface area contributed by atoms with Crippen LogP contribution in [0, 0.1) is 5.92 Å². The second kappa shape index (κ2) is 12.8. The van der Waals surface area contributed by atoms with E-state index in [1.807, 2.05) is 24.5 Å². The molecular formula is C26H31N5O4S. The maximum Gasteiger partial charge on any atom is 0.251 e. The maximum atomic E-state index is 12.9. The highest BCUT2D eigenvalue weighted by Crippen LogP contribution is 2.26. The highest BCUT2D eigenvalue weighted by molar-refractivity contribution is 7.99. The number of thioether (sulfide) groups is 1. The van der Waals surface area contributed by atoms with Gasteiger partial charge in [0, 0.05) is 23.9 Å². The number of hydrogen-bond donors (Lipinski definition) is 2. The van der Waals surface area contributed by atoms with Crippen molar-refractivity contribution in [1.29, 1.82) is 0 Å². The summed E-state index contributed by atoms with van der Waals surface area (Å²) in [4.78, 5) is 25.5. The Balaban J connectivity index is 1.73. The molecule has 9 nitrogen and oxygen atoms in total. The van der Waals surface area contributed by atoms with Gasteiger partial charge in [-0.3, -0.25) is 9.59 Å². The van der Waals surface area contributed by atoms with Gasteiger partial charge < -0.3 is 24.7 Å². The van der Waals surface area contributed by atoms with Crippen LogP contribution in [-0.4, -0.2) is 46.6 Å². The number of allylic oxidation sites excluding steroid dienone is 1. The number of carbonyl (C=O) groups is 2. The van der Waals surface area contributed by atoms with Crippen molar-refractivity contribution >= 4 is 29.3 Å². The lowest BCUT2D eigenvalue weighted by Gasteiger charge is -2.22. The molecule has 0 radical (unpaired) electrons. The topological polar surface area (TPSA) is 107 Å². The Morgan fingerprint density at radius 1 is 1.08 bits per heavy atom. The summed E-state index contributed by atoms with van der Waals surface area (Å²) in [5, 5.41) is 15.2. The normalized spacial score (nSPS) is 11.6. The van der Waals surface area contributed by atoms with E-state index in [0.717, 1.165) is 0 Å². The molecule has 2 N–H and O–H groups in total. The Bertz CT molecular complexity index is 1190. The molecule has 2 amide bonds. The third-order valence-electron chi connectivity index (χ3n) is 5.33. The summed E-state index contributed by atoms with van der Waals surface area (Å²) >= 11 is 1.27. The van der Waals surface area contributed by atoms with Crippen LogP contribution in [0.15, 0.2) is 66.3 Å². The van der Waals surface area contributed by atoms with E-state index < -0.39 is 6.04 Å². The second-order valence-electron chi connectivity index (χ2n) is 8.23. The average Bonchev–Trinajstić information content (AvgIpc) is 3.28. The monoisotopic (exact) mass is 509 g/mol. The molecular weight excluding hydrogens is 478 g/mol. The molecule has 0 aliphatic carbocycles. The molecule has 1 atom stereocenters. The van der Waals surface area contributed by atoms with Gasteiger partial charge in [-0.25, -0.2) is 0 Å². The van der Waals surface area contributed by atoms with Crippen LogP contribution >= 0.6 is 11.8 Å². The first kappa shape index (κ1) is 26.8. The van der Waals surface area contributed by atoms with Gasteiger partial charge in [-0.2, -0.15) is 0 Å². The van der Waals surface area contributed by atoms with Gasteiger partial charge >= 0.3 is 0 Å². The van der Waals surface area contributed by atoms with Crippen molar-refractivity contribution in [2.24, 2.45) is 5.92 Å². The zero-order chi connectivity index (χ0) is 26.1. The van der Waals surface area contributed by atoms with Crippen molar-refractivity contribution in [2.45, 2.75) is 31.6 Å². The molecule has 36 heavy (non-hydrogen) atoms. The minimum atomic E-state index is -0.396. The lowest BCUT2D eigenvalue weighted by Crippen LogP contribution is -2.33. The van der Waals surface area contributed by atoms with Crippen molar-refractivity contribution in [3.05, 3.63) is 72.6 Å². The summed E-state index contributed by atoms with van der Waals surface area (Å²) in [6.45, 7) is 8.27. The van der Waals surface area contributed by atoms with E-state index in [1.54, 1.807) is 62.8 Å². The number of methoxy groups -OCH3 is 2. The zero-order valence-corrected chi connectivity index (χ0v) is 21.7. The van der Waals surface area contributed by atoms with Crippen molar-refractivity contribution < 1.29 is 19.1 Å². The Morgan fingerprint density at radius 2 is 1.81 bits per heavy atom. The second-order valence-corrected chi connectivity index (χ2v) is 9.18. The first-order chi connectivity index (χ1) is 17.4. The van der Waals surface area contributed by atoms with Crippen LogP contribution in [-0.2, 0) is 11.3 Å². The first-order valence-electron chi connectivity index (χ1n) is 11.4. The minimum Gasteiger partial charge on any atom is -0.497 e. The maximum absolute atomic E-state index is 12.9. The van der Waals surface area contributed by atoms with Crippen molar-refractivity contribution in [3.8, 4) is 11.5 Å². The molecule has 0 aliphatic rings. The number of amides is 2. The van der Waals surface area contributed by atoms with E-state index in [-0.39, 0.29) is 23.5 Å². The number of nitrogens with zero attached hydrogens (tertiary/aromatic N) is 3. The summed E-state index contributed by atoms with van der Waals surface area (Å²) in [6, 6.07) is 13.7. The molecule has 0 fully saturated rings. The lowest BCUT2D eigenvalue weighted by atomic mass is 10.0. The zero-order valence-electron chi connectivity index (χ0n) is 20.9. The highest BCUT2D eigenvalue weighted by atomic mass is 32.2. The van der Waals surface area contributed by atoms with Crippen LogP contribution in [0.2, 0.25) is 0 Å². The van der Waals surface area contributed by atoms with Gasteiger partial charge in [-0.15, -0.1) is 16.8 Å². The molecule has 0 bridgehead atoms. The number of hydrogen-bond acceptors (Lipinski definition) is 7. The SMILES string of the molecule is C=CCn1c(SCC(=O)Nc2cccc(OC)c2)nnc1[C@H](NC(=O)c1ccc(OC)cc1)C(C)C. The number of aromatic nitrogens is 3.